The quantitative estimate of drug-likeness (QED) is 0.459. The lowest BCUT2D eigenvalue weighted by atomic mass is 10.1. The van der Waals surface area contributed by atoms with E-state index in [1.54, 1.807) is 55.8 Å². The second kappa shape index (κ2) is 10.0. The van der Waals surface area contributed by atoms with Crippen molar-refractivity contribution in [1.29, 1.82) is 0 Å². The zero-order valence-electron chi connectivity index (χ0n) is 18.7. The highest BCUT2D eigenvalue weighted by Crippen LogP contribution is 2.44. The third-order valence-electron chi connectivity index (χ3n) is 5.49. The molecule has 4 rings (SSSR count). The van der Waals surface area contributed by atoms with Crippen molar-refractivity contribution in [1.82, 2.24) is 9.88 Å². The Balaban J connectivity index is 1.81. The van der Waals surface area contributed by atoms with Crippen LogP contribution in [0.2, 0.25) is 0 Å². The van der Waals surface area contributed by atoms with Crippen LogP contribution in [0, 0.1) is 0 Å². The number of anilines is 1. The number of nitrogens with zero attached hydrogens (tertiary/aromatic N) is 1. The summed E-state index contributed by atoms with van der Waals surface area (Å²) in [6.07, 6.45) is 1.41. The predicted molar refractivity (Wildman–Crippen MR) is 135 cm³/mol. The van der Waals surface area contributed by atoms with E-state index in [-0.39, 0.29) is 11.5 Å². The Morgan fingerprint density at radius 3 is 2.47 bits per heavy atom. The molecule has 8 heteroatoms. The summed E-state index contributed by atoms with van der Waals surface area (Å²) in [4.78, 5) is 40.3. The maximum atomic E-state index is 13.7. The first kappa shape index (κ1) is 23.4. The van der Waals surface area contributed by atoms with Gasteiger partial charge in [0.25, 0.3) is 11.5 Å². The minimum Gasteiger partial charge on any atom is -0.320 e. The number of likely N-dealkylation sites (N-methyl/N-ethyl adjacent to an activating group) is 1. The number of pyridine rings is 1. The number of rotatable bonds is 6. The molecule has 0 saturated heterocycles. The number of benzene rings is 2. The first-order valence-corrected chi connectivity index (χ1v) is 12.2. The summed E-state index contributed by atoms with van der Waals surface area (Å²) in [5.41, 5.74) is 0.743. The Kier molecular flexibility index (Phi) is 6.90. The van der Waals surface area contributed by atoms with Gasteiger partial charge < -0.3 is 10.6 Å². The van der Waals surface area contributed by atoms with E-state index in [1.165, 1.54) is 17.6 Å². The summed E-state index contributed by atoms with van der Waals surface area (Å²) in [5.74, 6) is -1.23. The van der Waals surface area contributed by atoms with E-state index >= 15 is 0 Å². The fourth-order valence-corrected chi connectivity index (χ4v) is 5.11. The SMILES string of the molecule is CN[C@@H](C)C(=O)Nc1ccc(-c2ccccc2)n(C(=O)c2cccc([SH]3C=CC(F)=C3)c2)c1=O. The number of halogens is 1. The fourth-order valence-electron chi connectivity index (χ4n) is 3.50. The van der Waals surface area contributed by atoms with Gasteiger partial charge in [-0.25, -0.2) is 8.96 Å². The van der Waals surface area contributed by atoms with Crippen molar-refractivity contribution < 1.29 is 14.0 Å². The number of nitrogens with one attached hydrogen (secondary N) is 2. The van der Waals surface area contributed by atoms with E-state index in [0.29, 0.717) is 16.8 Å². The summed E-state index contributed by atoms with van der Waals surface area (Å²) >= 11 is 0. The van der Waals surface area contributed by atoms with Crippen LogP contribution in [0.15, 0.2) is 99.1 Å². The Morgan fingerprint density at radius 1 is 1.03 bits per heavy atom. The molecule has 0 aliphatic carbocycles. The molecular weight excluding hydrogens is 453 g/mol. The van der Waals surface area contributed by atoms with E-state index in [4.69, 9.17) is 0 Å². The summed E-state index contributed by atoms with van der Waals surface area (Å²) in [6, 6.07) is 18.6. The largest absolute Gasteiger partial charge is 0.320 e. The molecule has 2 N–H and O–H groups in total. The van der Waals surface area contributed by atoms with Crippen LogP contribution in [-0.2, 0) is 4.79 Å². The van der Waals surface area contributed by atoms with Crippen molar-refractivity contribution in [2.75, 3.05) is 12.4 Å². The molecule has 2 aromatic carbocycles. The molecule has 0 fully saturated rings. The molecule has 2 heterocycles. The highest BCUT2D eigenvalue weighted by Gasteiger charge is 2.21. The topological polar surface area (TPSA) is 80.2 Å². The molecule has 2 atom stereocenters. The van der Waals surface area contributed by atoms with Gasteiger partial charge in [-0.2, -0.15) is 10.9 Å². The van der Waals surface area contributed by atoms with Crippen molar-refractivity contribution in [3.05, 3.63) is 105 Å². The Morgan fingerprint density at radius 2 is 1.79 bits per heavy atom. The molecule has 1 unspecified atom stereocenters. The van der Waals surface area contributed by atoms with Crippen molar-refractivity contribution in [2.45, 2.75) is 17.9 Å². The molecule has 1 aliphatic rings. The predicted octanol–water partition coefficient (Wildman–Crippen LogP) is 4.45. The minimum atomic E-state index is -0.997. The van der Waals surface area contributed by atoms with Crippen LogP contribution in [0.4, 0.5) is 10.1 Å². The van der Waals surface area contributed by atoms with Crippen LogP contribution in [0.3, 0.4) is 0 Å². The molecule has 0 saturated carbocycles. The van der Waals surface area contributed by atoms with Gasteiger partial charge in [0.15, 0.2) is 0 Å². The van der Waals surface area contributed by atoms with Gasteiger partial charge in [0, 0.05) is 5.56 Å². The lowest BCUT2D eigenvalue weighted by molar-refractivity contribution is -0.117. The number of amides is 1. The average Bonchev–Trinajstić information content (AvgIpc) is 3.31. The van der Waals surface area contributed by atoms with Crippen molar-refractivity contribution in [3.8, 4) is 11.3 Å². The van der Waals surface area contributed by atoms with Crippen LogP contribution in [0.1, 0.15) is 17.3 Å². The highest BCUT2D eigenvalue weighted by atomic mass is 32.2. The van der Waals surface area contributed by atoms with E-state index in [1.807, 2.05) is 24.3 Å². The van der Waals surface area contributed by atoms with Crippen molar-refractivity contribution >= 4 is 28.4 Å². The number of carbonyl (C=O) groups is 2. The van der Waals surface area contributed by atoms with Crippen LogP contribution in [-0.4, -0.2) is 29.5 Å². The van der Waals surface area contributed by atoms with Gasteiger partial charge in [-0.1, -0.05) is 36.4 Å². The smallest absolute Gasteiger partial charge is 0.281 e. The molecule has 1 aliphatic heterocycles. The van der Waals surface area contributed by atoms with Gasteiger partial charge in [0.2, 0.25) is 5.91 Å². The van der Waals surface area contributed by atoms with E-state index in [2.05, 4.69) is 10.6 Å². The second-order valence-electron chi connectivity index (χ2n) is 7.73. The Hall–Kier alpha value is -3.75. The van der Waals surface area contributed by atoms with Crippen LogP contribution >= 0.6 is 10.9 Å². The molecule has 0 bridgehead atoms. The van der Waals surface area contributed by atoms with Crippen LogP contribution in [0.5, 0.6) is 0 Å². The Labute approximate surface area is 199 Å². The highest BCUT2D eigenvalue weighted by molar-refractivity contribution is 8.22. The Bertz CT molecular complexity index is 1370. The average molecular weight is 478 g/mol. The number of hydrogen-bond acceptors (Lipinski definition) is 4. The number of carbonyl (C=O) groups excluding carboxylic acids is 2. The molecule has 0 radical (unpaired) electrons. The zero-order valence-corrected chi connectivity index (χ0v) is 19.6. The van der Waals surface area contributed by atoms with Crippen LogP contribution < -0.4 is 16.2 Å². The molecule has 174 valence electrons. The summed E-state index contributed by atoms with van der Waals surface area (Å²) in [5, 5.41) is 8.72. The van der Waals surface area contributed by atoms with E-state index in [9.17, 15) is 18.8 Å². The van der Waals surface area contributed by atoms with E-state index < -0.39 is 34.3 Å². The number of hydrogen-bond donors (Lipinski definition) is 3. The minimum absolute atomic E-state index is 0.00407. The molecule has 0 spiro atoms. The summed E-state index contributed by atoms with van der Waals surface area (Å²) < 4.78 is 14.6. The summed E-state index contributed by atoms with van der Waals surface area (Å²) in [7, 11) is 0.642. The van der Waals surface area contributed by atoms with Gasteiger partial charge in [0.05, 0.1) is 11.7 Å². The third-order valence-corrected chi connectivity index (χ3v) is 7.36. The van der Waals surface area contributed by atoms with Gasteiger partial charge in [-0.15, -0.1) is 0 Å². The monoisotopic (exact) mass is 477 g/mol. The zero-order chi connectivity index (χ0) is 24.2. The molecule has 6 nitrogen and oxygen atoms in total. The van der Waals surface area contributed by atoms with Gasteiger partial charge in [0.1, 0.15) is 11.5 Å². The first-order valence-electron chi connectivity index (χ1n) is 10.7. The number of allylic oxidation sites excluding steroid dienone is 2. The standard InChI is InChI=1S/C26H24FN3O3S/c1-17(28-2)24(31)29-22-11-12-23(18-7-4-3-5-8-18)30(26(22)33)25(32)19-9-6-10-21(15-19)34-14-13-20(27)16-34/h3-17,28,34H,1-2H3,(H,29,31)/t17-/m0/s1. The summed E-state index contributed by atoms with van der Waals surface area (Å²) in [6.45, 7) is 1.67. The lowest BCUT2D eigenvalue weighted by Crippen LogP contribution is -2.38. The van der Waals surface area contributed by atoms with Crippen molar-refractivity contribution in [2.24, 2.45) is 0 Å². The first-order chi connectivity index (χ1) is 16.4. The number of aromatic nitrogens is 1. The van der Waals surface area contributed by atoms with E-state index in [0.717, 1.165) is 9.46 Å². The molecule has 3 aromatic rings. The van der Waals surface area contributed by atoms with Gasteiger partial charge in [-0.05, 0) is 71.7 Å². The van der Waals surface area contributed by atoms with Crippen LogP contribution in [0.25, 0.3) is 11.3 Å². The van der Waals surface area contributed by atoms with Crippen molar-refractivity contribution in [3.63, 3.8) is 0 Å². The fraction of sp³-hybridized carbons (Fsp3) is 0.115. The molecule has 1 aromatic heterocycles. The molecule has 34 heavy (non-hydrogen) atoms. The third kappa shape index (κ3) is 4.78. The second-order valence-corrected chi connectivity index (χ2v) is 9.62. The molecule has 1 amide bonds. The van der Waals surface area contributed by atoms with Gasteiger partial charge in [-0.3, -0.25) is 14.4 Å². The maximum absolute atomic E-state index is 13.7. The maximum Gasteiger partial charge on any atom is 0.281 e. The molecular formula is C26H24FN3O3S. The number of thiol groups is 1. The van der Waals surface area contributed by atoms with Gasteiger partial charge >= 0.3 is 0 Å². The lowest BCUT2D eigenvalue weighted by Gasteiger charge is -2.17. The normalized spacial score (nSPS) is 16.7.